The highest BCUT2D eigenvalue weighted by Crippen LogP contribution is 2.27. The van der Waals surface area contributed by atoms with Crippen LogP contribution in [0.1, 0.15) is 15.9 Å². The van der Waals surface area contributed by atoms with Gasteiger partial charge in [0.1, 0.15) is 0 Å². The molecule has 0 aliphatic rings. The van der Waals surface area contributed by atoms with Crippen LogP contribution < -0.4 is 11.1 Å². The highest BCUT2D eigenvalue weighted by molar-refractivity contribution is 9.10. The van der Waals surface area contributed by atoms with Crippen LogP contribution in [0.3, 0.4) is 0 Å². The van der Waals surface area contributed by atoms with Crippen LogP contribution in [0.2, 0.25) is 5.02 Å². The van der Waals surface area contributed by atoms with Gasteiger partial charge in [-0.1, -0.05) is 23.7 Å². The fourth-order valence-corrected chi connectivity index (χ4v) is 2.18. The average Bonchev–Trinajstić information content (AvgIpc) is 2.37. The van der Waals surface area contributed by atoms with E-state index in [2.05, 4.69) is 21.2 Å². The molecule has 2 rings (SSSR count). The molecule has 5 heteroatoms. The van der Waals surface area contributed by atoms with Crippen LogP contribution in [0.25, 0.3) is 0 Å². The fourth-order valence-electron chi connectivity index (χ4n) is 1.66. The van der Waals surface area contributed by atoms with Crippen LogP contribution in [-0.2, 0) is 0 Å². The number of nitrogens with two attached hydrogens (primary N) is 1. The summed E-state index contributed by atoms with van der Waals surface area (Å²) < 4.78 is 0.761. The van der Waals surface area contributed by atoms with E-state index in [1.54, 1.807) is 30.3 Å². The van der Waals surface area contributed by atoms with Crippen molar-refractivity contribution >= 4 is 44.8 Å². The molecular weight excluding hydrogens is 328 g/mol. The number of hydrogen-bond donors (Lipinski definition) is 2. The Hall–Kier alpha value is -1.52. The van der Waals surface area contributed by atoms with Gasteiger partial charge in [0, 0.05) is 15.2 Å². The van der Waals surface area contributed by atoms with Gasteiger partial charge in [-0.25, -0.2) is 0 Å². The minimum atomic E-state index is -0.260. The summed E-state index contributed by atoms with van der Waals surface area (Å²) in [5.74, 6) is -0.260. The first-order chi connectivity index (χ1) is 8.99. The molecule has 0 fully saturated rings. The molecule has 0 aliphatic carbocycles. The molecule has 3 N–H and O–H groups in total. The number of rotatable bonds is 2. The lowest BCUT2D eigenvalue weighted by molar-refractivity contribution is 0.102. The quantitative estimate of drug-likeness (QED) is 0.804. The van der Waals surface area contributed by atoms with E-state index in [9.17, 15) is 4.79 Å². The Morgan fingerprint density at radius 3 is 2.79 bits per heavy atom. The molecule has 0 aliphatic heterocycles. The van der Waals surface area contributed by atoms with Gasteiger partial charge in [0.05, 0.1) is 11.3 Å². The Balaban J connectivity index is 2.31. The van der Waals surface area contributed by atoms with Gasteiger partial charge in [0.2, 0.25) is 0 Å². The molecule has 0 saturated heterocycles. The van der Waals surface area contributed by atoms with E-state index in [4.69, 9.17) is 17.3 Å². The van der Waals surface area contributed by atoms with Crippen molar-refractivity contribution in [2.24, 2.45) is 0 Å². The molecule has 2 aromatic carbocycles. The summed E-state index contributed by atoms with van der Waals surface area (Å²) in [7, 11) is 0. The van der Waals surface area contributed by atoms with E-state index in [1.807, 2.05) is 13.0 Å². The molecule has 98 valence electrons. The van der Waals surface area contributed by atoms with Crippen molar-refractivity contribution < 1.29 is 4.79 Å². The minimum Gasteiger partial charge on any atom is -0.398 e. The lowest BCUT2D eigenvalue weighted by atomic mass is 10.1. The van der Waals surface area contributed by atoms with E-state index in [-0.39, 0.29) is 5.91 Å². The minimum absolute atomic E-state index is 0.260. The number of benzene rings is 2. The zero-order valence-electron chi connectivity index (χ0n) is 10.2. The number of hydrogen-bond acceptors (Lipinski definition) is 2. The number of nitrogen functional groups attached to an aromatic ring is 1. The molecule has 0 saturated carbocycles. The highest BCUT2D eigenvalue weighted by Gasteiger charge is 2.12. The Labute approximate surface area is 124 Å². The van der Waals surface area contributed by atoms with Crippen molar-refractivity contribution in [1.82, 2.24) is 0 Å². The van der Waals surface area contributed by atoms with Crippen molar-refractivity contribution in [3.05, 3.63) is 57.0 Å². The van der Waals surface area contributed by atoms with E-state index >= 15 is 0 Å². The summed E-state index contributed by atoms with van der Waals surface area (Å²) >= 11 is 9.27. The van der Waals surface area contributed by atoms with Gasteiger partial charge in [0.15, 0.2) is 0 Å². The first-order valence-electron chi connectivity index (χ1n) is 5.60. The second kappa shape index (κ2) is 5.63. The second-order valence-corrected chi connectivity index (χ2v) is 5.41. The molecular formula is C14H12BrClN2O. The lowest BCUT2D eigenvalue weighted by Gasteiger charge is -2.10. The second-order valence-electron chi connectivity index (χ2n) is 4.11. The summed E-state index contributed by atoms with van der Waals surface area (Å²) in [6, 6.07) is 10.5. The highest BCUT2D eigenvalue weighted by atomic mass is 79.9. The standard InChI is InChI=1S/C14H12BrClN2O/c1-8-3-2-4-10(13(8)17)14(19)18-12-7-9(16)5-6-11(12)15/h2-7H,17H2,1H3,(H,18,19). The van der Waals surface area contributed by atoms with Crippen LogP contribution in [0.15, 0.2) is 40.9 Å². The predicted molar refractivity (Wildman–Crippen MR) is 82.7 cm³/mol. The molecule has 1 amide bonds. The molecule has 0 bridgehead atoms. The van der Waals surface area contributed by atoms with Crippen LogP contribution in [0, 0.1) is 6.92 Å². The molecule has 2 aromatic rings. The number of halogens is 2. The maximum Gasteiger partial charge on any atom is 0.257 e. The van der Waals surface area contributed by atoms with Crippen molar-refractivity contribution in [3.63, 3.8) is 0 Å². The Morgan fingerprint density at radius 1 is 1.32 bits per heavy atom. The predicted octanol–water partition coefficient (Wildman–Crippen LogP) is 4.25. The topological polar surface area (TPSA) is 55.1 Å². The molecule has 0 atom stereocenters. The maximum absolute atomic E-state index is 12.2. The van der Waals surface area contributed by atoms with Crippen LogP contribution in [0.4, 0.5) is 11.4 Å². The number of para-hydroxylation sites is 1. The molecule has 19 heavy (non-hydrogen) atoms. The van der Waals surface area contributed by atoms with E-state index in [0.29, 0.717) is 22.0 Å². The molecule has 0 aromatic heterocycles. The van der Waals surface area contributed by atoms with Gasteiger partial charge in [-0.2, -0.15) is 0 Å². The number of carbonyl (C=O) groups is 1. The van der Waals surface area contributed by atoms with Crippen molar-refractivity contribution in [1.29, 1.82) is 0 Å². The van der Waals surface area contributed by atoms with Gasteiger partial charge in [0.25, 0.3) is 5.91 Å². The number of amides is 1. The first-order valence-corrected chi connectivity index (χ1v) is 6.77. The van der Waals surface area contributed by atoms with Gasteiger partial charge in [-0.3, -0.25) is 4.79 Å². The monoisotopic (exact) mass is 338 g/mol. The molecule has 0 radical (unpaired) electrons. The van der Waals surface area contributed by atoms with Gasteiger partial charge < -0.3 is 11.1 Å². The van der Waals surface area contributed by atoms with E-state index in [0.717, 1.165) is 10.0 Å². The van der Waals surface area contributed by atoms with Crippen molar-refractivity contribution in [3.8, 4) is 0 Å². The van der Waals surface area contributed by atoms with Gasteiger partial charge in [-0.05, 0) is 52.7 Å². The SMILES string of the molecule is Cc1cccc(C(=O)Nc2cc(Cl)ccc2Br)c1N. The molecule has 0 spiro atoms. The number of nitrogens with one attached hydrogen (secondary N) is 1. The zero-order chi connectivity index (χ0) is 14.0. The van der Waals surface area contributed by atoms with E-state index < -0.39 is 0 Å². The fraction of sp³-hybridized carbons (Fsp3) is 0.0714. The largest absolute Gasteiger partial charge is 0.398 e. The number of carbonyl (C=O) groups excluding carboxylic acids is 1. The Kier molecular flexibility index (Phi) is 4.12. The third-order valence-corrected chi connectivity index (χ3v) is 3.67. The van der Waals surface area contributed by atoms with E-state index in [1.165, 1.54) is 0 Å². The Morgan fingerprint density at radius 2 is 2.05 bits per heavy atom. The lowest BCUT2D eigenvalue weighted by Crippen LogP contribution is -2.14. The normalized spacial score (nSPS) is 10.3. The summed E-state index contributed by atoms with van der Waals surface area (Å²) in [6.45, 7) is 1.86. The van der Waals surface area contributed by atoms with Crippen LogP contribution >= 0.6 is 27.5 Å². The molecule has 0 unspecified atom stereocenters. The van der Waals surface area contributed by atoms with Gasteiger partial charge >= 0.3 is 0 Å². The number of anilines is 2. The molecule has 3 nitrogen and oxygen atoms in total. The third-order valence-electron chi connectivity index (χ3n) is 2.75. The molecule has 0 heterocycles. The average molecular weight is 340 g/mol. The van der Waals surface area contributed by atoms with Crippen LogP contribution in [0.5, 0.6) is 0 Å². The smallest absolute Gasteiger partial charge is 0.257 e. The zero-order valence-corrected chi connectivity index (χ0v) is 12.5. The van der Waals surface area contributed by atoms with Crippen molar-refractivity contribution in [2.75, 3.05) is 11.1 Å². The summed E-state index contributed by atoms with van der Waals surface area (Å²) in [5, 5.41) is 3.34. The van der Waals surface area contributed by atoms with Gasteiger partial charge in [-0.15, -0.1) is 0 Å². The van der Waals surface area contributed by atoms with Crippen LogP contribution in [-0.4, -0.2) is 5.91 Å². The summed E-state index contributed by atoms with van der Waals surface area (Å²) in [6.07, 6.45) is 0. The Bertz CT molecular complexity index is 643. The van der Waals surface area contributed by atoms with Crippen molar-refractivity contribution in [2.45, 2.75) is 6.92 Å². The maximum atomic E-state index is 12.2. The first kappa shape index (κ1) is 13.9. The summed E-state index contributed by atoms with van der Waals surface area (Å²) in [5.41, 5.74) is 8.32. The summed E-state index contributed by atoms with van der Waals surface area (Å²) in [4.78, 5) is 12.2. The third kappa shape index (κ3) is 3.08. The number of aryl methyl sites for hydroxylation is 1.